The Kier molecular flexibility index (Phi) is 6.57. The standard InChI is InChI=1S/C23H18BrNO4/c1-15-10-12-16(13-11-15)22(27)17-6-2-3-7-18(17)23(28)29-14-21(26)25-20-9-5-4-8-19(20)24/h2-13H,14H2,1H3,(H,25,26). The molecular weight excluding hydrogens is 434 g/mol. The third-order valence-corrected chi connectivity index (χ3v) is 4.88. The summed E-state index contributed by atoms with van der Waals surface area (Å²) in [5.74, 6) is -1.49. The zero-order chi connectivity index (χ0) is 20.8. The van der Waals surface area contributed by atoms with Gasteiger partial charge in [-0.1, -0.05) is 60.2 Å². The molecule has 0 aliphatic carbocycles. The zero-order valence-electron chi connectivity index (χ0n) is 15.6. The van der Waals surface area contributed by atoms with Crippen molar-refractivity contribution in [1.82, 2.24) is 0 Å². The molecule has 5 nitrogen and oxygen atoms in total. The van der Waals surface area contributed by atoms with Crippen LogP contribution in [0.15, 0.2) is 77.3 Å². The van der Waals surface area contributed by atoms with Gasteiger partial charge in [0.05, 0.1) is 11.3 Å². The van der Waals surface area contributed by atoms with E-state index in [1.165, 1.54) is 6.07 Å². The molecule has 0 saturated carbocycles. The lowest BCUT2D eigenvalue weighted by molar-refractivity contribution is -0.119. The van der Waals surface area contributed by atoms with E-state index in [2.05, 4.69) is 21.2 Å². The third kappa shape index (κ3) is 5.18. The molecule has 0 heterocycles. The van der Waals surface area contributed by atoms with Crippen LogP contribution in [0.2, 0.25) is 0 Å². The molecule has 0 unspecified atom stereocenters. The van der Waals surface area contributed by atoms with Crippen LogP contribution in [0.4, 0.5) is 5.69 Å². The minimum absolute atomic E-state index is 0.117. The fourth-order valence-corrected chi connectivity index (χ4v) is 3.06. The van der Waals surface area contributed by atoms with Crippen molar-refractivity contribution in [1.29, 1.82) is 0 Å². The van der Waals surface area contributed by atoms with Gasteiger partial charge in [-0.3, -0.25) is 9.59 Å². The van der Waals surface area contributed by atoms with Crippen LogP contribution in [0.3, 0.4) is 0 Å². The Morgan fingerprint density at radius 1 is 0.862 bits per heavy atom. The number of hydrogen-bond acceptors (Lipinski definition) is 4. The number of amides is 1. The fraction of sp³-hybridized carbons (Fsp3) is 0.0870. The molecule has 0 saturated heterocycles. The van der Waals surface area contributed by atoms with Gasteiger partial charge < -0.3 is 10.1 Å². The second kappa shape index (κ2) is 9.30. The highest BCUT2D eigenvalue weighted by Crippen LogP contribution is 2.21. The monoisotopic (exact) mass is 451 g/mol. The molecule has 6 heteroatoms. The fourth-order valence-electron chi connectivity index (χ4n) is 2.68. The number of carbonyl (C=O) groups is 3. The van der Waals surface area contributed by atoms with Crippen molar-refractivity contribution < 1.29 is 19.1 Å². The van der Waals surface area contributed by atoms with Crippen LogP contribution in [-0.2, 0) is 9.53 Å². The minimum atomic E-state index is -0.733. The molecule has 1 amide bonds. The number of benzene rings is 3. The highest BCUT2D eigenvalue weighted by atomic mass is 79.9. The molecule has 29 heavy (non-hydrogen) atoms. The Morgan fingerprint density at radius 2 is 1.48 bits per heavy atom. The van der Waals surface area contributed by atoms with Gasteiger partial charge in [0, 0.05) is 15.6 Å². The number of aryl methyl sites for hydroxylation is 1. The summed E-state index contributed by atoms with van der Waals surface area (Å²) in [4.78, 5) is 37.4. The van der Waals surface area contributed by atoms with Gasteiger partial charge in [0.15, 0.2) is 12.4 Å². The predicted octanol–water partition coefficient (Wildman–Crippen LogP) is 4.78. The van der Waals surface area contributed by atoms with E-state index < -0.39 is 18.5 Å². The number of rotatable bonds is 6. The second-order valence-corrected chi connectivity index (χ2v) is 7.20. The van der Waals surface area contributed by atoms with E-state index in [1.807, 2.05) is 25.1 Å². The van der Waals surface area contributed by atoms with Crippen LogP contribution in [0.5, 0.6) is 0 Å². The molecule has 3 rings (SSSR count). The highest BCUT2D eigenvalue weighted by Gasteiger charge is 2.20. The van der Waals surface area contributed by atoms with E-state index in [0.29, 0.717) is 15.7 Å². The van der Waals surface area contributed by atoms with Crippen LogP contribution >= 0.6 is 15.9 Å². The number of carbonyl (C=O) groups excluding carboxylic acids is 3. The first-order valence-corrected chi connectivity index (χ1v) is 9.67. The van der Waals surface area contributed by atoms with E-state index in [1.54, 1.807) is 48.5 Å². The molecule has 3 aromatic rings. The normalized spacial score (nSPS) is 10.3. The van der Waals surface area contributed by atoms with Crippen molar-refractivity contribution >= 4 is 39.3 Å². The summed E-state index contributed by atoms with van der Waals surface area (Å²) in [6.45, 7) is 1.46. The summed E-state index contributed by atoms with van der Waals surface area (Å²) in [7, 11) is 0. The molecule has 1 N–H and O–H groups in total. The van der Waals surface area contributed by atoms with Gasteiger partial charge in [0.2, 0.25) is 0 Å². The van der Waals surface area contributed by atoms with E-state index >= 15 is 0 Å². The Morgan fingerprint density at radius 3 is 2.17 bits per heavy atom. The summed E-state index contributed by atoms with van der Waals surface area (Å²) in [5.41, 5.74) is 2.43. The first-order chi connectivity index (χ1) is 14.0. The lowest BCUT2D eigenvalue weighted by atomic mass is 9.98. The number of halogens is 1. The van der Waals surface area contributed by atoms with E-state index in [4.69, 9.17) is 4.74 Å². The van der Waals surface area contributed by atoms with Crippen LogP contribution < -0.4 is 5.32 Å². The van der Waals surface area contributed by atoms with Crippen LogP contribution in [0.25, 0.3) is 0 Å². The largest absolute Gasteiger partial charge is 0.452 e. The molecule has 146 valence electrons. The topological polar surface area (TPSA) is 72.5 Å². The first-order valence-electron chi connectivity index (χ1n) is 8.87. The van der Waals surface area contributed by atoms with Crippen LogP contribution in [-0.4, -0.2) is 24.3 Å². The van der Waals surface area contributed by atoms with Crippen molar-refractivity contribution in [2.45, 2.75) is 6.92 Å². The van der Waals surface area contributed by atoms with Gasteiger partial charge in [-0.2, -0.15) is 0 Å². The van der Waals surface area contributed by atoms with Crippen molar-refractivity contribution in [3.63, 3.8) is 0 Å². The zero-order valence-corrected chi connectivity index (χ0v) is 17.2. The number of para-hydroxylation sites is 1. The second-order valence-electron chi connectivity index (χ2n) is 6.34. The maximum absolute atomic E-state index is 12.8. The Labute approximate surface area is 176 Å². The number of hydrogen-bond donors (Lipinski definition) is 1. The Balaban J connectivity index is 1.70. The first kappa shape index (κ1) is 20.5. The molecule has 0 aliphatic heterocycles. The SMILES string of the molecule is Cc1ccc(C(=O)c2ccccc2C(=O)OCC(=O)Nc2ccccc2Br)cc1. The maximum atomic E-state index is 12.8. The number of anilines is 1. The van der Waals surface area contributed by atoms with Crippen molar-refractivity contribution in [3.05, 3.63) is 99.5 Å². The summed E-state index contributed by atoms with van der Waals surface area (Å²) >= 11 is 3.33. The molecule has 0 radical (unpaired) electrons. The average Bonchev–Trinajstić information content (AvgIpc) is 2.74. The third-order valence-electron chi connectivity index (χ3n) is 4.19. The van der Waals surface area contributed by atoms with Gasteiger partial charge in [0.25, 0.3) is 5.91 Å². The summed E-state index contributed by atoms with van der Waals surface area (Å²) < 4.78 is 5.85. The van der Waals surface area contributed by atoms with Gasteiger partial charge >= 0.3 is 5.97 Å². The summed E-state index contributed by atoms with van der Waals surface area (Å²) in [6.07, 6.45) is 0. The lowest BCUT2D eigenvalue weighted by Gasteiger charge is -2.10. The highest BCUT2D eigenvalue weighted by molar-refractivity contribution is 9.10. The molecular formula is C23H18BrNO4. The lowest BCUT2D eigenvalue weighted by Crippen LogP contribution is -2.22. The van der Waals surface area contributed by atoms with Crippen LogP contribution in [0, 0.1) is 6.92 Å². The van der Waals surface area contributed by atoms with Crippen molar-refractivity contribution in [3.8, 4) is 0 Å². The quantitative estimate of drug-likeness (QED) is 0.432. The molecule has 0 atom stereocenters. The molecule has 3 aromatic carbocycles. The average molecular weight is 452 g/mol. The predicted molar refractivity (Wildman–Crippen MR) is 114 cm³/mol. The van der Waals surface area contributed by atoms with Crippen LogP contribution in [0.1, 0.15) is 31.8 Å². The van der Waals surface area contributed by atoms with Crippen molar-refractivity contribution in [2.24, 2.45) is 0 Å². The minimum Gasteiger partial charge on any atom is -0.452 e. The Hall–Kier alpha value is -3.25. The van der Waals surface area contributed by atoms with E-state index in [0.717, 1.165) is 5.56 Å². The Bertz CT molecular complexity index is 1060. The van der Waals surface area contributed by atoms with Crippen molar-refractivity contribution in [2.75, 3.05) is 11.9 Å². The maximum Gasteiger partial charge on any atom is 0.339 e. The number of ketones is 1. The van der Waals surface area contributed by atoms with Gasteiger partial charge in [-0.25, -0.2) is 4.79 Å². The van der Waals surface area contributed by atoms with E-state index in [9.17, 15) is 14.4 Å². The summed E-state index contributed by atoms with van der Waals surface area (Å²) in [6, 6.07) is 20.6. The van der Waals surface area contributed by atoms with Gasteiger partial charge in [-0.15, -0.1) is 0 Å². The van der Waals surface area contributed by atoms with E-state index in [-0.39, 0.29) is 16.9 Å². The summed E-state index contributed by atoms with van der Waals surface area (Å²) in [5, 5.41) is 2.66. The number of nitrogens with one attached hydrogen (secondary N) is 1. The number of ether oxygens (including phenoxy) is 1. The molecule has 0 spiro atoms. The molecule has 0 aliphatic rings. The smallest absolute Gasteiger partial charge is 0.339 e. The molecule has 0 bridgehead atoms. The number of esters is 1. The molecule has 0 fully saturated rings. The van der Waals surface area contributed by atoms with Gasteiger partial charge in [-0.05, 0) is 41.1 Å². The molecule has 0 aromatic heterocycles. The van der Waals surface area contributed by atoms with Gasteiger partial charge in [0.1, 0.15) is 0 Å².